The third-order valence-electron chi connectivity index (χ3n) is 3.84. The number of imidazole rings is 1. The van der Waals surface area contributed by atoms with Crippen molar-refractivity contribution in [2.24, 2.45) is 0 Å². The molecule has 0 bridgehead atoms. The smallest absolute Gasteiger partial charge is 0.143 e. The molecular weight excluding hydrogens is 292 g/mol. The van der Waals surface area contributed by atoms with Crippen LogP contribution < -0.4 is 4.74 Å². The molecule has 5 heteroatoms. The van der Waals surface area contributed by atoms with E-state index < -0.39 is 0 Å². The van der Waals surface area contributed by atoms with Crippen molar-refractivity contribution < 1.29 is 14.6 Å². The molecule has 3 aromatic rings. The number of hydrogen-bond acceptors (Lipinski definition) is 4. The number of fused-ring (bicyclic) bond motifs is 1. The summed E-state index contributed by atoms with van der Waals surface area (Å²) >= 11 is 0. The van der Waals surface area contributed by atoms with Gasteiger partial charge in [-0.1, -0.05) is 6.07 Å². The standard InChI is InChI=1S/C18H20N2O3/c1-22-12-4-11-20-15-5-3-6-16(21)17(15)19-18(20)13-7-9-14(23-2)10-8-13/h3,5-10,21H,4,11-12H2,1-2H3. The number of aromatic nitrogens is 2. The average molecular weight is 312 g/mol. The number of benzene rings is 2. The number of ether oxygens (including phenoxy) is 2. The Balaban J connectivity index is 2.09. The number of aromatic hydroxyl groups is 1. The highest BCUT2D eigenvalue weighted by Gasteiger charge is 2.14. The first kappa shape index (κ1) is 15.4. The maximum absolute atomic E-state index is 10.1. The number of para-hydroxylation sites is 1. The zero-order valence-electron chi connectivity index (χ0n) is 13.3. The van der Waals surface area contributed by atoms with E-state index in [9.17, 15) is 5.11 Å². The Labute approximate surface area is 135 Å². The first-order valence-corrected chi connectivity index (χ1v) is 7.56. The van der Waals surface area contributed by atoms with Gasteiger partial charge in [0.15, 0.2) is 0 Å². The van der Waals surface area contributed by atoms with Crippen molar-refractivity contribution in [3.8, 4) is 22.9 Å². The van der Waals surface area contributed by atoms with Crippen LogP contribution in [0.1, 0.15) is 6.42 Å². The summed E-state index contributed by atoms with van der Waals surface area (Å²) in [5, 5.41) is 10.1. The molecule has 0 unspecified atom stereocenters. The molecule has 3 rings (SSSR count). The molecule has 1 aromatic heterocycles. The lowest BCUT2D eigenvalue weighted by molar-refractivity contribution is 0.191. The molecule has 0 fully saturated rings. The predicted molar refractivity (Wildman–Crippen MR) is 89.9 cm³/mol. The summed E-state index contributed by atoms with van der Waals surface area (Å²) < 4.78 is 12.5. The Morgan fingerprint density at radius 3 is 2.57 bits per heavy atom. The highest BCUT2D eigenvalue weighted by atomic mass is 16.5. The van der Waals surface area contributed by atoms with Crippen LogP contribution in [-0.2, 0) is 11.3 Å². The van der Waals surface area contributed by atoms with Crippen LogP contribution in [0.25, 0.3) is 22.4 Å². The van der Waals surface area contributed by atoms with Crippen molar-refractivity contribution in [2.75, 3.05) is 20.8 Å². The summed E-state index contributed by atoms with van der Waals surface area (Å²) in [7, 11) is 3.34. The Morgan fingerprint density at radius 2 is 1.87 bits per heavy atom. The quantitative estimate of drug-likeness (QED) is 0.708. The highest BCUT2D eigenvalue weighted by Crippen LogP contribution is 2.30. The molecule has 0 amide bonds. The summed E-state index contributed by atoms with van der Waals surface area (Å²) in [6.45, 7) is 1.45. The normalized spacial score (nSPS) is 11.0. The van der Waals surface area contributed by atoms with Crippen LogP contribution in [0.15, 0.2) is 42.5 Å². The summed E-state index contributed by atoms with van der Waals surface area (Å²) in [6.07, 6.45) is 0.876. The number of nitrogens with zero attached hydrogens (tertiary/aromatic N) is 2. The van der Waals surface area contributed by atoms with Gasteiger partial charge in [-0.15, -0.1) is 0 Å². The van der Waals surface area contributed by atoms with Crippen LogP contribution in [0, 0.1) is 0 Å². The molecule has 23 heavy (non-hydrogen) atoms. The second-order valence-corrected chi connectivity index (χ2v) is 5.31. The molecule has 0 aliphatic heterocycles. The number of methoxy groups -OCH3 is 2. The van der Waals surface area contributed by atoms with Gasteiger partial charge >= 0.3 is 0 Å². The molecule has 0 radical (unpaired) electrons. The Kier molecular flexibility index (Phi) is 4.48. The first-order valence-electron chi connectivity index (χ1n) is 7.56. The SMILES string of the molecule is COCCCn1c(-c2ccc(OC)cc2)nc2c(O)cccc21. The minimum atomic E-state index is 0.197. The largest absolute Gasteiger partial charge is 0.506 e. The van der Waals surface area contributed by atoms with E-state index in [2.05, 4.69) is 9.55 Å². The van der Waals surface area contributed by atoms with Gasteiger partial charge in [0.1, 0.15) is 22.8 Å². The lowest BCUT2D eigenvalue weighted by atomic mass is 10.2. The van der Waals surface area contributed by atoms with Crippen molar-refractivity contribution in [3.05, 3.63) is 42.5 Å². The molecule has 0 saturated carbocycles. The minimum absolute atomic E-state index is 0.197. The van der Waals surface area contributed by atoms with Gasteiger partial charge in [0.05, 0.1) is 12.6 Å². The molecule has 1 heterocycles. The lowest BCUT2D eigenvalue weighted by Crippen LogP contribution is -2.03. The molecule has 0 atom stereocenters. The number of phenols is 1. The van der Waals surface area contributed by atoms with E-state index in [-0.39, 0.29) is 5.75 Å². The maximum atomic E-state index is 10.1. The van der Waals surface area contributed by atoms with Crippen LogP contribution in [-0.4, -0.2) is 35.5 Å². The lowest BCUT2D eigenvalue weighted by Gasteiger charge is -2.09. The summed E-state index contributed by atoms with van der Waals surface area (Å²) in [5.41, 5.74) is 2.53. The van der Waals surface area contributed by atoms with Gasteiger partial charge in [-0.05, 0) is 42.8 Å². The van der Waals surface area contributed by atoms with Crippen molar-refractivity contribution >= 4 is 11.0 Å². The second-order valence-electron chi connectivity index (χ2n) is 5.31. The van der Waals surface area contributed by atoms with Gasteiger partial charge < -0.3 is 19.1 Å². The van der Waals surface area contributed by atoms with Gasteiger partial charge in [0, 0.05) is 25.8 Å². The van der Waals surface area contributed by atoms with Gasteiger partial charge in [0.2, 0.25) is 0 Å². The fourth-order valence-electron chi connectivity index (χ4n) is 2.69. The molecule has 2 aromatic carbocycles. The summed E-state index contributed by atoms with van der Waals surface area (Å²) in [6, 6.07) is 13.2. The Bertz CT molecular complexity index is 794. The highest BCUT2D eigenvalue weighted by molar-refractivity contribution is 5.85. The summed E-state index contributed by atoms with van der Waals surface area (Å²) in [5.74, 6) is 1.83. The number of hydrogen-bond donors (Lipinski definition) is 1. The van der Waals surface area contributed by atoms with Crippen molar-refractivity contribution in [1.82, 2.24) is 9.55 Å². The molecule has 1 N–H and O–H groups in total. The van der Waals surface area contributed by atoms with E-state index in [1.165, 1.54) is 0 Å². The van der Waals surface area contributed by atoms with Crippen molar-refractivity contribution in [2.45, 2.75) is 13.0 Å². The van der Waals surface area contributed by atoms with Gasteiger partial charge in [-0.25, -0.2) is 4.98 Å². The molecular formula is C18H20N2O3. The number of aryl methyl sites for hydroxylation is 1. The molecule has 0 spiro atoms. The van der Waals surface area contributed by atoms with E-state index in [4.69, 9.17) is 9.47 Å². The van der Waals surface area contributed by atoms with E-state index in [1.54, 1.807) is 20.3 Å². The van der Waals surface area contributed by atoms with Crippen molar-refractivity contribution in [1.29, 1.82) is 0 Å². The second kappa shape index (κ2) is 6.71. The molecule has 0 saturated heterocycles. The van der Waals surface area contributed by atoms with Crippen LogP contribution in [0.5, 0.6) is 11.5 Å². The average Bonchev–Trinajstić information content (AvgIpc) is 2.95. The topological polar surface area (TPSA) is 56.5 Å². The van der Waals surface area contributed by atoms with Crippen LogP contribution in [0.4, 0.5) is 0 Å². The van der Waals surface area contributed by atoms with Crippen LogP contribution in [0.2, 0.25) is 0 Å². The monoisotopic (exact) mass is 312 g/mol. The van der Waals surface area contributed by atoms with Crippen LogP contribution >= 0.6 is 0 Å². The van der Waals surface area contributed by atoms with E-state index in [0.29, 0.717) is 12.1 Å². The molecule has 0 aliphatic carbocycles. The minimum Gasteiger partial charge on any atom is -0.506 e. The first-order chi connectivity index (χ1) is 11.2. The predicted octanol–water partition coefficient (Wildman–Crippen LogP) is 3.45. The summed E-state index contributed by atoms with van der Waals surface area (Å²) in [4.78, 5) is 4.65. The van der Waals surface area contributed by atoms with Crippen molar-refractivity contribution in [3.63, 3.8) is 0 Å². The molecule has 120 valence electrons. The van der Waals surface area contributed by atoms with Gasteiger partial charge in [-0.3, -0.25) is 0 Å². The molecule has 0 aliphatic rings. The third-order valence-corrected chi connectivity index (χ3v) is 3.84. The fraction of sp³-hybridized carbons (Fsp3) is 0.278. The van der Waals surface area contributed by atoms with E-state index in [0.717, 1.165) is 35.6 Å². The maximum Gasteiger partial charge on any atom is 0.143 e. The molecule has 5 nitrogen and oxygen atoms in total. The third kappa shape index (κ3) is 3.00. The fourth-order valence-corrected chi connectivity index (χ4v) is 2.69. The zero-order chi connectivity index (χ0) is 16.2. The van der Waals surface area contributed by atoms with E-state index >= 15 is 0 Å². The zero-order valence-corrected chi connectivity index (χ0v) is 13.3. The Hall–Kier alpha value is -2.53. The van der Waals surface area contributed by atoms with Gasteiger partial charge in [-0.2, -0.15) is 0 Å². The van der Waals surface area contributed by atoms with Gasteiger partial charge in [0.25, 0.3) is 0 Å². The Morgan fingerprint density at radius 1 is 1.09 bits per heavy atom. The van der Waals surface area contributed by atoms with E-state index in [1.807, 2.05) is 36.4 Å². The van der Waals surface area contributed by atoms with Crippen LogP contribution in [0.3, 0.4) is 0 Å². The number of rotatable bonds is 6. The number of phenolic OH excluding ortho intramolecular Hbond substituents is 1.